The van der Waals surface area contributed by atoms with Crippen LogP contribution in [-0.4, -0.2) is 16.2 Å². The van der Waals surface area contributed by atoms with Gasteiger partial charge in [0.15, 0.2) is 0 Å². The van der Waals surface area contributed by atoms with Gasteiger partial charge in [0.2, 0.25) is 0 Å². The number of fused-ring (bicyclic) bond motifs is 1. The summed E-state index contributed by atoms with van der Waals surface area (Å²) >= 11 is 0. The maximum atomic E-state index is 5.97. The fourth-order valence-electron chi connectivity index (χ4n) is 3.35. The first-order valence-corrected chi connectivity index (χ1v) is 9.43. The maximum absolute atomic E-state index is 5.97. The quantitative estimate of drug-likeness (QED) is 0.409. The highest BCUT2D eigenvalue weighted by molar-refractivity contribution is 5.80. The van der Waals surface area contributed by atoms with Crippen molar-refractivity contribution in [1.29, 1.82) is 0 Å². The Kier molecular flexibility index (Phi) is 4.93. The van der Waals surface area contributed by atoms with E-state index in [1.54, 1.807) is 0 Å². The molecule has 0 saturated heterocycles. The van der Waals surface area contributed by atoms with E-state index in [-0.39, 0.29) is 0 Å². The van der Waals surface area contributed by atoms with Crippen molar-refractivity contribution >= 4 is 11.0 Å². The molecule has 0 unspecified atom stereocenters. The highest BCUT2D eigenvalue weighted by atomic mass is 16.5. The van der Waals surface area contributed by atoms with Gasteiger partial charge in [-0.25, -0.2) is 4.98 Å². The molecule has 27 heavy (non-hydrogen) atoms. The van der Waals surface area contributed by atoms with Crippen LogP contribution in [0.15, 0.2) is 72.8 Å². The molecule has 0 atom stereocenters. The Bertz CT molecular complexity index is 1050. The van der Waals surface area contributed by atoms with Crippen molar-refractivity contribution in [3.8, 4) is 17.1 Å². The molecule has 3 aromatic carbocycles. The lowest BCUT2D eigenvalue weighted by molar-refractivity contribution is 0.301. The van der Waals surface area contributed by atoms with E-state index >= 15 is 0 Å². The first-order valence-electron chi connectivity index (χ1n) is 9.43. The molecule has 3 nitrogen and oxygen atoms in total. The molecule has 0 aliphatic rings. The second kappa shape index (κ2) is 7.67. The van der Waals surface area contributed by atoms with Gasteiger partial charge in [-0.1, -0.05) is 60.2 Å². The molecule has 0 radical (unpaired) electrons. The Morgan fingerprint density at radius 2 is 1.59 bits per heavy atom. The summed E-state index contributed by atoms with van der Waals surface area (Å²) in [5.41, 5.74) is 5.78. The molecular weight excluding hydrogens is 332 g/mol. The van der Waals surface area contributed by atoms with Gasteiger partial charge in [-0.2, -0.15) is 0 Å². The fourth-order valence-corrected chi connectivity index (χ4v) is 3.35. The summed E-state index contributed by atoms with van der Waals surface area (Å²) in [6.07, 6.45) is 0.924. The van der Waals surface area contributed by atoms with Gasteiger partial charge >= 0.3 is 0 Å². The van der Waals surface area contributed by atoms with Crippen LogP contribution in [0.5, 0.6) is 5.75 Å². The van der Waals surface area contributed by atoms with Crippen molar-refractivity contribution in [3.05, 3.63) is 83.9 Å². The smallest absolute Gasteiger partial charge is 0.141 e. The Morgan fingerprint density at radius 3 is 2.41 bits per heavy atom. The molecule has 0 bridgehead atoms. The second-order valence-electron chi connectivity index (χ2n) is 6.91. The van der Waals surface area contributed by atoms with E-state index in [4.69, 9.17) is 9.72 Å². The lowest BCUT2D eigenvalue weighted by atomic mass is 10.1. The average molecular weight is 356 g/mol. The zero-order chi connectivity index (χ0) is 18.6. The normalized spacial score (nSPS) is 11.0. The molecule has 0 amide bonds. The predicted molar refractivity (Wildman–Crippen MR) is 111 cm³/mol. The number of imidazole rings is 1. The van der Waals surface area contributed by atoms with Crippen molar-refractivity contribution in [2.24, 2.45) is 0 Å². The highest BCUT2D eigenvalue weighted by Gasteiger charge is 2.12. The zero-order valence-corrected chi connectivity index (χ0v) is 15.9. The number of para-hydroxylation sites is 3. The summed E-state index contributed by atoms with van der Waals surface area (Å²) in [6.45, 7) is 5.74. The molecule has 0 spiro atoms. The zero-order valence-electron chi connectivity index (χ0n) is 15.9. The predicted octanol–water partition coefficient (Wildman–Crippen LogP) is 5.79. The highest BCUT2D eigenvalue weighted by Crippen LogP contribution is 2.25. The molecule has 0 N–H and O–H groups in total. The summed E-state index contributed by atoms with van der Waals surface area (Å²) < 4.78 is 8.28. The maximum Gasteiger partial charge on any atom is 0.141 e. The monoisotopic (exact) mass is 356 g/mol. The molecule has 0 saturated carbocycles. The molecule has 0 aliphatic heterocycles. The number of ether oxygens (including phenoxy) is 1. The number of aromatic nitrogens is 2. The third-order valence-electron chi connectivity index (χ3n) is 4.84. The third-order valence-corrected chi connectivity index (χ3v) is 4.84. The van der Waals surface area contributed by atoms with Gasteiger partial charge in [0.1, 0.15) is 11.6 Å². The van der Waals surface area contributed by atoms with Crippen LogP contribution >= 0.6 is 0 Å². The molecule has 1 aromatic heterocycles. The van der Waals surface area contributed by atoms with Crippen LogP contribution in [0.1, 0.15) is 17.5 Å². The number of aryl methyl sites for hydroxylation is 3. The fraction of sp³-hybridized carbons (Fsp3) is 0.208. The van der Waals surface area contributed by atoms with Crippen molar-refractivity contribution in [1.82, 2.24) is 9.55 Å². The van der Waals surface area contributed by atoms with E-state index in [1.807, 2.05) is 24.3 Å². The summed E-state index contributed by atoms with van der Waals surface area (Å²) in [7, 11) is 0. The van der Waals surface area contributed by atoms with Crippen LogP contribution in [0.2, 0.25) is 0 Å². The first kappa shape index (κ1) is 17.3. The van der Waals surface area contributed by atoms with E-state index in [1.165, 1.54) is 16.6 Å². The number of hydrogen-bond acceptors (Lipinski definition) is 2. The number of rotatable bonds is 6. The van der Waals surface area contributed by atoms with E-state index in [2.05, 4.69) is 66.9 Å². The van der Waals surface area contributed by atoms with Crippen molar-refractivity contribution in [2.45, 2.75) is 26.8 Å². The minimum Gasteiger partial charge on any atom is -0.493 e. The van der Waals surface area contributed by atoms with Gasteiger partial charge in [0, 0.05) is 12.1 Å². The molecule has 0 aliphatic carbocycles. The molecule has 3 heteroatoms. The van der Waals surface area contributed by atoms with Crippen LogP contribution < -0.4 is 4.74 Å². The van der Waals surface area contributed by atoms with Crippen molar-refractivity contribution < 1.29 is 4.74 Å². The molecule has 1 heterocycles. The minimum atomic E-state index is 0.685. The lowest BCUT2D eigenvalue weighted by Crippen LogP contribution is -2.06. The van der Waals surface area contributed by atoms with Crippen LogP contribution in [-0.2, 0) is 6.54 Å². The lowest BCUT2D eigenvalue weighted by Gasteiger charge is -2.12. The molecule has 4 aromatic rings. The molecular formula is C24H24N2O. The summed E-state index contributed by atoms with van der Waals surface area (Å²) in [5, 5.41) is 0. The molecule has 0 fully saturated rings. The van der Waals surface area contributed by atoms with Crippen molar-refractivity contribution in [2.75, 3.05) is 6.61 Å². The Labute approximate surface area is 160 Å². The van der Waals surface area contributed by atoms with Gasteiger partial charge in [-0.3, -0.25) is 0 Å². The molecule has 136 valence electrons. The van der Waals surface area contributed by atoms with Gasteiger partial charge in [-0.15, -0.1) is 0 Å². The van der Waals surface area contributed by atoms with Gasteiger partial charge < -0.3 is 9.30 Å². The van der Waals surface area contributed by atoms with Crippen LogP contribution in [0.4, 0.5) is 0 Å². The van der Waals surface area contributed by atoms with Gasteiger partial charge in [0.05, 0.1) is 17.6 Å². The topological polar surface area (TPSA) is 27.1 Å². The van der Waals surface area contributed by atoms with Crippen molar-refractivity contribution in [3.63, 3.8) is 0 Å². The Hall–Kier alpha value is -3.07. The summed E-state index contributed by atoms with van der Waals surface area (Å²) in [4.78, 5) is 4.89. The van der Waals surface area contributed by atoms with Gasteiger partial charge in [0.25, 0.3) is 0 Å². The van der Waals surface area contributed by atoms with E-state index in [0.717, 1.165) is 35.6 Å². The van der Waals surface area contributed by atoms with Crippen LogP contribution in [0.3, 0.4) is 0 Å². The standard InChI is InChI=1S/C24H24N2O/c1-18-12-14-20(15-13-18)24-25-21-9-4-5-10-22(21)26(24)16-7-17-27-23-11-6-3-8-19(23)2/h3-6,8-15H,7,16-17H2,1-2H3. The van der Waals surface area contributed by atoms with Crippen LogP contribution in [0.25, 0.3) is 22.4 Å². The number of benzene rings is 3. The van der Waals surface area contributed by atoms with Gasteiger partial charge in [-0.05, 0) is 44.0 Å². The van der Waals surface area contributed by atoms with E-state index in [0.29, 0.717) is 6.61 Å². The minimum absolute atomic E-state index is 0.685. The molecule has 4 rings (SSSR count). The van der Waals surface area contributed by atoms with Crippen LogP contribution in [0, 0.1) is 13.8 Å². The SMILES string of the molecule is Cc1ccc(-c2nc3ccccc3n2CCCOc2ccccc2C)cc1. The Morgan fingerprint density at radius 1 is 0.852 bits per heavy atom. The third kappa shape index (κ3) is 3.72. The largest absolute Gasteiger partial charge is 0.493 e. The first-order chi connectivity index (χ1) is 13.2. The number of hydrogen-bond donors (Lipinski definition) is 0. The summed E-state index contributed by atoms with van der Waals surface area (Å²) in [6, 6.07) is 25.1. The Balaban J connectivity index is 1.56. The number of nitrogens with zero attached hydrogens (tertiary/aromatic N) is 2. The average Bonchev–Trinajstić information content (AvgIpc) is 3.06. The summed E-state index contributed by atoms with van der Waals surface area (Å²) in [5.74, 6) is 1.99. The van der Waals surface area contributed by atoms with E-state index in [9.17, 15) is 0 Å². The second-order valence-corrected chi connectivity index (χ2v) is 6.91. The van der Waals surface area contributed by atoms with E-state index < -0.39 is 0 Å².